The summed E-state index contributed by atoms with van der Waals surface area (Å²) in [5, 5.41) is 9.97. The van der Waals surface area contributed by atoms with E-state index in [1.165, 1.54) is 6.26 Å². The average molecular weight is 265 g/mol. The zero-order valence-electron chi connectivity index (χ0n) is 10.3. The summed E-state index contributed by atoms with van der Waals surface area (Å²) in [6, 6.07) is 6.81. The van der Waals surface area contributed by atoms with Crippen molar-refractivity contribution in [3.05, 3.63) is 36.2 Å². The monoisotopic (exact) mass is 265 g/mol. The lowest BCUT2D eigenvalue weighted by Crippen LogP contribution is -2.06. The molecule has 1 heterocycles. The summed E-state index contributed by atoms with van der Waals surface area (Å²) >= 11 is 0. The third-order valence-corrected chi connectivity index (χ3v) is 3.79. The molecular formula is C12H15N3O2S. The normalized spacial score (nSPS) is 11.7. The summed E-state index contributed by atoms with van der Waals surface area (Å²) in [6.07, 6.45) is 2.94. The van der Waals surface area contributed by atoms with Crippen LogP contribution in [0.25, 0.3) is 11.1 Å². The van der Waals surface area contributed by atoms with E-state index in [1.54, 1.807) is 30.5 Å². The number of hydrogen-bond acceptors (Lipinski definition) is 4. The first-order valence-corrected chi connectivity index (χ1v) is 7.39. The van der Waals surface area contributed by atoms with Gasteiger partial charge in [0.1, 0.15) is 0 Å². The van der Waals surface area contributed by atoms with Crippen molar-refractivity contribution in [3.63, 3.8) is 0 Å². The first-order chi connectivity index (χ1) is 8.52. The molecule has 18 heavy (non-hydrogen) atoms. The van der Waals surface area contributed by atoms with Gasteiger partial charge in [0.05, 0.1) is 16.8 Å². The van der Waals surface area contributed by atoms with E-state index in [2.05, 4.69) is 15.5 Å². The van der Waals surface area contributed by atoms with Crippen LogP contribution in [0, 0.1) is 0 Å². The fourth-order valence-electron chi connectivity index (χ4n) is 1.75. The maximum Gasteiger partial charge on any atom is 0.175 e. The second kappa shape index (κ2) is 4.91. The van der Waals surface area contributed by atoms with Gasteiger partial charge in [-0.15, -0.1) is 0 Å². The molecule has 0 atom stereocenters. The second-order valence-electron chi connectivity index (χ2n) is 4.09. The number of nitrogens with zero attached hydrogens (tertiary/aromatic N) is 1. The molecule has 0 unspecified atom stereocenters. The van der Waals surface area contributed by atoms with Crippen LogP contribution in [0.3, 0.4) is 0 Å². The van der Waals surface area contributed by atoms with Gasteiger partial charge in [0.2, 0.25) is 0 Å². The number of benzene rings is 1. The number of hydrogen-bond donors (Lipinski definition) is 2. The van der Waals surface area contributed by atoms with Crippen LogP contribution < -0.4 is 5.32 Å². The van der Waals surface area contributed by atoms with Crippen molar-refractivity contribution in [1.29, 1.82) is 0 Å². The molecule has 2 rings (SSSR count). The van der Waals surface area contributed by atoms with Crippen molar-refractivity contribution >= 4 is 9.84 Å². The molecule has 0 aliphatic carbocycles. The lowest BCUT2D eigenvalue weighted by Gasteiger charge is -2.04. The minimum Gasteiger partial charge on any atom is -0.314 e. The first kappa shape index (κ1) is 12.8. The van der Waals surface area contributed by atoms with Gasteiger partial charge in [0.25, 0.3) is 0 Å². The zero-order chi connectivity index (χ0) is 13.2. The molecule has 0 saturated carbocycles. The molecule has 0 aliphatic rings. The van der Waals surface area contributed by atoms with Crippen molar-refractivity contribution < 1.29 is 8.42 Å². The number of sulfone groups is 1. The van der Waals surface area contributed by atoms with E-state index >= 15 is 0 Å². The topological polar surface area (TPSA) is 74.8 Å². The summed E-state index contributed by atoms with van der Waals surface area (Å²) in [6.45, 7) is 0.684. The largest absolute Gasteiger partial charge is 0.314 e. The van der Waals surface area contributed by atoms with Crippen molar-refractivity contribution in [3.8, 4) is 11.1 Å². The highest BCUT2D eigenvalue weighted by Crippen LogP contribution is 2.23. The molecule has 5 nitrogen and oxygen atoms in total. The summed E-state index contributed by atoms with van der Waals surface area (Å²) < 4.78 is 22.7. The molecule has 6 heteroatoms. The van der Waals surface area contributed by atoms with E-state index in [0.29, 0.717) is 11.4 Å². The molecule has 1 aromatic heterocycles. The number of H-pyrrole nitrogens is 1. The van der Waals surface area contributed by atoms with Crippen LogP contribution >= 0.6 is 0 Å². The van der Waals surface area contributed by atoms with Crippen LogP contribution in [-0.2, 0) is 16.4 Å². The Bertz CT molecular complexity index is 630. The van der Waals surface area contributed by atoms with Gasteiger partial charge in [-0.25, -0.2) is 8.42 Å². The van der Waals surface area contributed by atoms with E-state index in [0.717, 1.165) is 16.8 Å². The van der Waals surface area contributed by atoms with Crippen LogP contribution in [0.2, 0.25) is 0 Å². The van der Waals surface area contributed by atoms with E-state index in [1.807, 2.05) is 7.05 Å². The second-order valence-corrected chi connectivity index (χ2v) is 6.10. The van der Waals surface area contributed by atoms with Crippen LogP contribution in [0.5, 0.6) is 0 Å². The Morgan fingerprint density at radius 1 is 1.28 bits per heavy atom. The fourth-order valence-corrected chi connectivity index (χ4v) is 2.39. The number of aromatic nitrogens is 2. The van der Waals surface area contributed by atoms with Gasteiger partial charge < -0.3 is 5.32 Å². The lowest BCUT2D eigenvalue weighted by atomic mass is 10.1. The van der Waals surface area contributed by atoms with E-state index in [9.17, 15) is 8.42 Å². The highest BCUT2D eigenvalue weighted by molar-refractivity contribution is 7.90. The molecular weight excluding hydrogens is 250 g/mol. The Hall–Kier alpha value is -1.66. The van der Waals surface area contributed by atoms with Crippen molar-refractivity contribution in [2.24, 2.45) is 0 Å². The summed E-state index contributed by atoms with van der Waals surface area (Å²) in [5.74, 6) is 0. The summed E-state index contributed by atoms with van der Waals surface area (Å²) in [5.41, 5.74) is 2.90. The lowest BCUT2D eigenvalue weighted by molar-refractivity contribution is 0.602. The van der Waals surface area contributed by atoms with Crippen molar-refractivity contribution in [2.45, 2.75) is 11.4 Å². The standard InChI is InChI=1S/C12H15N3O2S/c1-13-8-12-11(7-14-15-12)9-3-5-10(6-4-9)18(2,16)17/h3-7,13H,8H2,1-2H3,(H,14,15). The minimum absolute atomic E-state index is 0.324. The number of rotatable bonds is 4. The molecule has 0 spiro atoms. The average Bonchev–Trinajstić information content (AvgIpc) is 2.77. The molecule has 0 fully saturated rings. The maximum atomic E-state index is 11.4. The minimum atomic E-state index is -3.14. The molecule has 0 bridgehead atoms. The fraction of sp³-hybridized carbons (Fsp3) is 0.250. The van der Waals surface area contributed by atoms with Crippen LogP contribution in [0.15, 0.2) is 35.4 Å². The molecule has 0 amide bonds. The predicted molar refractivity (Wildman–Crippen MR) is 69.9 cm³/mol. The van der Waals surface area contributed by atoms with Gasteiger partial charge in [-0.05, 0) is 24.7 Å². The molecule has 1 aromatic carbocycles. The molecule has 96 valence electrons. The predicted octanol–water partition coefficient (Wildman–Crippen LogP) is 1.20. The molecule has 0 aliphatic heterocycles. The Morgan fingerprint density at radius 3 is 2.50 bits per heavy atom. The van der Waals surface area contributed by atoms with Gasteiger partial charge in [-0.3, -0.25) is 5.10 Å². The van der Waals surface area contributed by atoms with E-state index in [4.69, 9.17) is 0 Å². The third kappa shape index (κ3) is 2.60. The summed E-state index contributed by atoms with van der Waals surface area (Å²) in [7, 11) is -1.29. The maximum absolute atomic E-state index is 11.4. The Balaban J connectivity index is 2.37. The SMILES string of the molecule is CNCc1[nH]ncc1-c1ccc(S(C)(=O)=O)cc1. The van der Waals surface area contributed by atoms with Gasteiger partial charge >= 0.3 is 0 Å². The van der Waals surface area contributed by atoms with Crippen LogP contribution in [0.1, 0.15) is 5.69 Å². The Morgan fingerprint density at radius 2 is 1.94 bits per heavy atom. The van der Waals surface area contributed by atoms with Gasteiger partial charge in [-0.2, -0.15) is 5.10 Å². The molecule has 2 aromatic rings. The van der Waals surface area contributed by atoms with Crippen molar-refractivity contribution in [1.82, 2.24) is 15.5 Å². The smallest absolute Gasteiger partial charge is 0.175 e. The molecule has 0 radical (unpaired) electrons. The number of nitrogens with one attached hydrogen (secondary N) is 2. The van der Waals surface area contributed by atoms with Crippen LogP contribution in [-0.4, -0.2) is 31.9 Å². The van der Waals surface area contributed by atoms with E-state index in [-0.39, 0.29) is 0 Å². The quantitative estimate of drug-likeness (QED) is 0.871. The third-order valence-electron chi connectivity index (χ3n) is 2.67. The number of aromatic amines is 1. The van der Waals surface area contributed by atoms with Gasteiger partial charge in [-0.1, -0.05) is 12.1 Å². The zero-order valence-corrected chi connectivity index (χ0v) is 11.1. The highest BCUT2D eigenvalue weighted by atomic mass is 32.2. The Kier molecular flexibility index (Phi) is 3.49. The van der Waals surface area contributed by atoms with Gasteiger partial charge in [0.15, 0.2) is 9.84 Å². The van der Waals surface area contributed by atoms with E-state index < -0.39 is 9.84 Å². The molecule has 0 saturated heterocycles. The summed E-state index contributed by atoms with van der Waals surface area (Å²) in [4.78, 5) is 0.324. The van der Waals surface area contributed by atoms with Crippen molar-refractivity contribution in [2.75, 3.05) is 13.3 Å². The first-order valence-electron chi connectivity index (χ1n) is 5.49. The highest BCUT2D eigenvalue weighted by Gasteiger charge is 2.10. The van der Waals surface area contributed by atoms with Crippen LogP contribution in [0.4, 0.5) is 0 Å². The Labute approximate surface area is 106 Å². The van der Waals surface area contributed by atoms with Gasteiger partial charge in [0, 0.05) is 18.4 Å². The molecule has 2 N–H and O–H groups in total.